The molecule has 9 heteroatoms. The van der Waals surface area contributed by atoms with Crippen LogP contribution < -0.4 is 10.5 Å². The molecule has 0 spiro atoms. The SMILES string of the molecule is O=c1[nH]ncc(N2CCOC(c3cc(F)c(Cl)cc3Cl)C2)c1Cl. The first kappa shape index (κ1) is 16.5. The number of rotatable bonds is 2. The van der Waals surface area contributed by atoms with Gasteiger partial charge in [0, 0.05) is 23.7 Å². The van der Waals surface area contributed by atoms with Crippen LogP contribution in [0, 0.1) is 5.82 Å². The molecule has 1 fully saturated rings. The summed E-state index contributed by atoms with van der Waals surface area (Å²) in [5, 5.41) is 6.34. The van der Waals surface area contributed by atoms with Gasteiger partial charge in [-0.15, -0.1) is 0 Å². The molecule has 3 rings (SSSR count). The summed E-state index contributed by atoms with van der Waals surface area (Å²) in [5.74, 6) is -0.567. The molecule has 1 N–H and O–H groups in total. The molecule has 0 radical (unpaired) electrons. The van der Waals surface area contributed by atoms with E-state index in [-0.39, 0.29) is 10.0 Å². The van der Waals surface area contributed by atoms with Crippen molar-refractivity contribution in [1.29, 1.82) is 0 Å². The summed E-state index contributed by atoms with van der Waals surface area (Å²) in [7, 11) is 0. The highest BCUT2D eigenvalue weighted by molar-refractivity contribution is 6.35. The van der Waals surface area contributed by atoms with E-state index in [1.807, 2.05) is 4.90 Å². The van der Waals surface area contributed by atoms with Crippen molar-refractivity contribution in [3.63, 3.8) is 0 Å². The quantitative estimate of drug-likeness (QED) is 0.813. The first-order valence-corrected chi connectivity index (χ1v) is 7.85. The van der Waals surface area contributed by atoms with E-state index in [2.05, 4.69) is 10.2 Å². The number of morpholine rings is 1. The Morgan fingerprint density at radius 2 is 2.09 bits per heavy atom. The lowest BCUT2D eigenvalue weighted by atomic mass is 10.1. The predicted octanol–water partition coefficient (Wildman–Crippen LogP) is 3.45. The second-order valence-electron chi connectivity index (χ2n) is 4.99. The Morgan fingerprint density at radius 3 is 2.87 bits per heavy atom. The van der Waals surface area contributed by atoms with Crippen molar-refractivity contribution < 1.29 is 9.13 Å². The van der Waals surface area contributed by atoms with E-state index in [1.54, 1.807) is 0 Å². The van der Waals surface area contributed by atoms with Gasteiger partial charge in [0.2, 0.25) is 0 Å². The summed E-state index contributed by atoms with van der Waals surface area (Å²) in [6.45, 7) is 1.25. The molecule has 122 valence electrons. The molecule has 1 aromatic heterocycles. The highest BCUT2D eigenvalue weighted by atomic mass is 35.5. The summed E-state index contributed by atoms with van der Waals surface area (Å²) in [5.41, 5.74) is 0.518. The lowest BCUT2D eigenvalue weighted by molar-refractivity contribution is 0.0396. The number of nitrogens with zero attached hydrogens (tertiary/aromatic N) is 2. The molecular weight excluding hydrogens is 368 g/mol. The van der Waals surface area contributed by atoms with Crippen LogP contribution in [0.2, 0.25) is 15.1 Å². The molecule has 1 aromatic carbocycles. The molecule has 2 heterocycles. The molecule has 0 amide bonds. The second kappa shape index (κ2) is 6.65. The molecule has 1 unspecified atom stereocenters. The molecule has 1 atom stereocenters. The monoisotopic (exact) mass is 377 g/mol. The van der Waals surface area contributed by atoms with Gasteiger partial charge in [-0.3, -0.25) is 4.79 Å². The minimum Gasteiger partial charge on any atom is -0.370 e. The maximum atomic E-state index is 13.7. The molecule has 23 heavy (non-hydrogen) atoms. The number of nitrogens with one attached hydrogen (secondary N) is 1. The maximum absolute atomic E-state index is 13.7. The number of H-pyrrole nitrogens is 1. The molecule has 0 aliphatic carbocycles. The van der Waals surface area contributed by atoms with Gasteiger partial charge in [-0.25, -0.2) is 9.49 Å². The van der Waals surface area contributed by atoms with Crippen molar-refractivity contribution in [2.45, 2.75) is 6.10 Å². The zero-order valence-corrected chi connectivity index (χ0v) is 13.9. The average molecular weight is 379 g/mol. The van der Waals surface area contributed by atoms with Gasteiger partial charge in [0.25, 0.3) is 5.56 Å². The van der Waals surface area contributed by atoms with Crippen molar-refractivity contribution in [3.05, 3.63) is 55.1 Å². The number of aromatic nitrogens is 2. The lowest BCUT2D eigenvalue weighted by Crippen LogP contribution is -2.39. The van der Waals surface area contributed by atoms with Gasteiger partial charge in [-0.2, -0.15) is 5.10 Å². The van der Waals surface area contributed by atoms with Crippen LogP contribution in [0.25, 0.3) is 0 Å². The third kappa shape index (κ3) is 3.30. The van der Waals surface area contributed by atoms with Crippen molar-refractivity contribution in [2.75, 3.05) is 24.6 Å². The average Bonchev–Trinajstić information content (AvgIpc) is 2.53. The zero-order chi connectivity index (χ0) is 16.6. The van der Waals surface area contributed by atoms with Gasteiger partial charge in [0.05, 0.1) is 23.5 Å². The topological polar surface area (TPSA) is 58.2 Å². The first-order valence-electron chi connectivity index (χ1n) is 6.71. The number of halogens is 4. The summed E-state index contributed by atoms with van der Waals surface area (Å²) < 4.78 is 19.4. The molecule has 5 nitrogen and oxygen atoms in total. The highest BCUT2D eigenvalue weighted by Gasteiger charge is 2.26. The van der Waals surface area contributed by atoms with Crippen LogP contribution >= 0.6 is 34.8 Å². The molecule has 0 bridgehead atoms. The zero-order valence-electron chi connectivity index (χ0n) is 11.7. The predicted molar refractivity (Wildman–Crippen MR) is 87.2 cm³/mol. The van der Waals surface area contributed by atoms with Crippen molar-refractivity contribution in [2.24, 2.45) is 0 Å². The van der Waals surface area contributed by atoms with Crippen LogP contribution in [0.15, 0.2) is 23.1 Å². The van der Waals surface area contributed by atoms with Gasteiger partial charge in [0.1, 0.15) is 16.9 Å². The van der Waals surface area contributed by atoms with Gasteiger partial charge < -0.3 is 9.64 Å². The summed E-state index contributed by atoms with van der Waals surface area (Å²) in [4.78, 5) is 13.4. The lowest BCUT2D eigenvalue weighted by Gasteiger charge is -2.35. The van der Waals surface area contributed by atoms with Crippen LogP contribution in [0.3, 0.4) is 0 Å². The van der Waals surface area contributed by atoms with E-state index >= 15 is 0 Å². The molecule has 1 aliphatic heterocycles. The van der Waals surface area contributed by atoms with Crippen molar-refractivity contribution in [3.8, 4) is 0 Å². The van der Waals surface area contributed by atoms with Gasteiger partial charge >= 0.3 is 0 Å². The van der Waals surface area contributed by atoms with Crippen LogP contribution in [0.5, 0.6) is 0 Å². The fraction of sp³-hybridized carbons (Fsp3) is 0.286. The van der Waals surface area contributed by atoms with E-state index in [0.29, 0.717) is 36.0 Å². The van der Waals surface area contributed by atoms with E-state index in [0.717, 1.165) is 0 Å². The Balaban J connectivity index is 1.91. The van der Waals surface area contributed by atoms with E-state index in [9.17, 15) is 9.18 Å². The Hall–Kier alpha value is -1.34. The highest BCUT2D eigenvalue weighted by Crippen LogP contribution is 2.34. The van der Waals surface area contributed by atoms with Crippen LogP contribution in [-0.2, 0) is 4.74 Å². The normalized spacial score (nSPS) is 18.3. The van der Waals surface area contributed by atoms with Crippen molar-refractivity contribution >= 4 is 40.5 Å². The number of ether oxygens (including phenoxy) is 1. The standard InChI is InChI=1S/C14H11Cl3FN3O2/c15-8-4-9(16)10(18)3-7(8)12-6-21(1-2-23-12)11-5-19-20-14(22)13(11)17/h3-5,12H,1-2,6H2,(H,20,22). The number of anilines is 1. The molecule has 0 saturated carbocycles. The number of hydrogen-bond acceptors (Lipinski definition) is 4. The van der Waals surface area contributed by atoms with Gasteiger partial charge in [0.15, 0.2) is 0 Å². The molecular formula is C14H11Cl3FN3O2. The second-order valence-corrected chi connectivity index (χ2v) is 6.18. The fourth-order valence-corrected chi connectivity index (χ4v) is 3.15. The van der Waals surface area contributed by atoms with Gasteiger partial charge in [-0.05, 0) is 12.1 Å². The largest absolute Gasteiger partial charge is 0.370 e. The molecule has 2 aromatic rings. The first-order chi connectivity index (χ1) is 11.0. The Morgan fingerprint density at radius 1 is 1.30 bits per heavy atom. The maximum Gasteiger partial charge on any atom is 0.285 e. The number of hydrogen-bond donors (Lipinski definition) is 1. The van der Waals surface area contributed by atoms with E-state index in [4.69, 9.17) is 39.5 Å². The third-order valence-electron chi connectivity index (χ3n) is 3.57. The summed E-state index contributed by atoms with van der Waals surface area (Å²) >= 11 is 17.9. The van der Waals surface area contributed by atoms with E-state index in [1.165, 1.54) is 18.3 Å². The number of aromatic amines is 1. The van der Waals surface area contributed by atoms with Gasteiger partial charge in [-0.1, -0.05) is 34.8 Å². The summed E-state index contributed by atoms with van der Waals surface area (Å²) in [6.07, 6.45) is 0.995. The summed E-state index contributed by atoms with van der Waals surface area (Å²) in [6, 6.07) is 2.61. The smallest absolute Gasteiger partial charge is 0.285 e. The Kier molecular flexibility index (Phi) is 4.77. The minimum absolute atomic E-state index is 0.0479. The minimum atomic E-state index is -0.567. The van der Waals surface area contributed by atoms with Crippen LogP contribution in [0.4, 0.5) is 10.1 Å². The van der Waals surface area contributed by atoms with E-state index < -0.39 is 17.5 Å². The van der Waals surface area contributed by atoms with Crippen molar-refractivity contribution in [1.82, 2.24) is 10.2 Å². The third-order valence-corrected chi connectivity index (χ3v) is 4.55. The fourth-order valence-electron chi connectivity index (χ4n) is 2.44. The Labute approximate surface area is 145 Å². The Bertz CT molecular complexity index is 799. The number of benzene rings is 1. The van der Waals surface area contributed by atoms with Crippen LogP contribution in [0.1, 0.15) is 11.7 Å². The molecule has 1 aliphatic rings. The molecule has 1 saturated heterocycles. The van der Waals surface area contributed by atoms with Crippen LogP contribution in [-0.4, -0.2) is 29.9 Å².